The average Bonchev–Trinajstić information content (AvgIpc) is 3.62. The molecule has 1 fully saturated rings. The van der Waals surface area contributed by atoms with Crippen molar-refractivity contribution < 1.29 is 4.74 Å². The lowest BCUT2D eigenvalue weighted by molar-refractivity contribution is 0.180. The minimum Gasteiger partial charge on any atom is -0.383 e. The van der Waals surface area contributed by atoms with E-state index >= 15 is 0 Å². The Bertz CT molecular complexity index is 1320. The molecule has 0 aliphatic heterocycles. The summed E-state index contributed by atoms with van der Waals surface area (Å²) >= 11 is 3.48. The highest BCUT2D eigenvalue weighted by Crippen LogP contribution is 2.39. The molecule has 1 aliphatic carbocycles. The van der Waals surface area contributed by atoms with Crippen molar-refractivity contribution in [2.75, 3.05) is 27.3 Å². The second kappa shape index (κ2) is 11.6. The average molecular weight is 516 g/mol. The number of methoxy groups -OCH3 is 1. The first kappa shape index (κ1) is 25.0. The summed E-state index contributed by atoms with van der Waals surface area (Å²) in [7, 11) is 3.93. The van der Waals surface area contributed by atoms with Crippen LogP contribution < -0.4 is 4.72 Å². The first-order chi connectivity index (χ1) is 17.6. The molecule has 36 heavy (non-hydrogen) atoms. The van der Waals surface area contributed by atoms with Crippen LogP contribution in [0.25, 0.3) is 15.9 Å². The Kier molecular flexibility index (Phi) is 8.07. The number of hydrogen-bond donors (Lipinski definition) is 1. The van der Waals surface area contributed by atoms with E-state index in [2.05, 4.69) is 96.4 Å². The number of thiazole rings is 1. The van der Waals surface area contributed by atoms with Gasteiger partial charge in [0.05, 0.1) is 22.9 Å². The number of para-hydroxylation sites is 1. The van der Waals surface area contributed by atoms with Crippen LogP contribution in [0.4, 0.5) is 0 Å². The van der Waals surface area contributed by atoms with Gasteiger partial charge in [-0.25, -0.2) is 9.71 Å². The molecule has 0 saturated heterocycles. The molecule has 1 aromatic heterocycles. The molecule has 5 rings (SSSR count). The van der Waals surface area contributed by atoms with Crippen molar-refractivity contribution in [3.63, 3.8) is 0 Å². The fourth-order valence-corrected chi connectivity index (χ4v) is 6.37. The minimum atomic E-state index is 0.114. The highest BCUT2D eigenvalue weighted by Gasteiger charge is 2.22. The number of likely N-dealkylation sites (N-methyl/N-ethyl adjacent to an activating group) is 1. The Morgan fingerprint density at radius 3 is 2.69 bits per heavy atom. The van der Waals surface area contributed by atoms with E-state index in [1.54, 1.807) is 30.4 Å². The van der Waals surface area contributed by atoms with Crippen molar-refractivity contribution in [2.24, 2.45) is 0 Å². The zero-order chi connectivity index (χ0) is 24.9. The van der Waals surface area contributed by atoms with Gasteiger partial charge in [0.25, 0.3) is 0 Å². The van der Waals surface area contributed by atoms with Gasteiger partial charge in [-0.15, -0.1) is 11.3 Å². The smallest absolute Gasteiger partial charge is 0.112 e. The molecule has 3 aromatic carbocycles. The van der Waals surface area contributed by atoms with Gasteiger partial charge >= 0.3 is 0 Å². The Morgan fingerprint density at radius 1 is 1.08 bits per heavy atom. The molecule has 1 N–H and O–H groups in total. The molecular formula is C30H33N3OS2. The van der Waals surface area contributed by atoms with Crippen LogP contribution in [0.5, 0.6) is 0 Å². The molecule has 4 nitrogen and oxygen atoms in total. The molecule has 1 heterocycles. The third-order valence-electron chi connectivity index (χ3n) is 6.40. The van der Waals surface area contributed by atoms with Gasteiger partial charge in [-0.05, 0) is 79.1 Å². The number of rotatable bonds is 11. The summed E-state index contributed by atoms with van der Waals surface area (Å²) in [4.78, 5) is 8.54. The third-order valence-corrected chi connectivity index (χ3v) is 8.45. The van der Waals surface area contributed by atoms with Crippen LogP contribution in [0.2, 0.25) is 0 Å². The highest BCUT2D eigenvalue weighted by molar-refractivity contribution is 7.97. The van der Waals surface area contributed by atoms with Crippen LogP contribution >= 0.6 is 23.3 Å². The van der Waals surface area contributed by atoms with Crippen LogP contribution in [-0.4, -0.2) is 37.2 Å². The maximum atomic E-state index is 5.32. The normalized spacial score (nSPS) is 13.7. The first-order valence-electron chi connectivity index (χ1n) is 12.5. The number of aryl methyl sites for hydroxylation is 1. The van der Waals surface area contributed by atoms with Crippen molar-refractivity contribution in [2.45, 2.75) is 37.1 Å². The lowest BCUT2D eigenvalue weighted by Gasteiger charge is -2.23. The molecule has 1 aliphatic rings. The molecule has 0 amide bonds. The predicted octanol–water partition coefficient (Wildman–Crippen LogP) is 7.27. The van der Waals surface area contributed by atoms with Gasteiger partial charge in [-0.1, -0.05) is 54.1 Å². The topological polar surface area (TPSA) is 37.4 Å². The molecule has 0 spiro atoms. The maximum Gasteiger partial charge on any atom is 0.112 e. The highest BCUT2D eigenvalue weighted by atomic mass is 32.2. The Morgan fingerprint density at radius 2 is 1.92 bits per heavy atom. The number of nitrogens with zero attached hydrogens (tertiary/aromatic N) is 2. The molecule has 6 heteroatoms. The number of nitrogens with one attached hydrogen (secondary N) is 1. The number of allylic oxidation sites excluding steroid dienone is 1. The minimum absolute atomic E-state index is 0.114. The Labute approximate surface area is 222 Å². The third kappa shape index (κ3) is 6.19. The lowest BCUT2D eigenvalue weighted by atomic mass is 10.0. The second-order valence-electron chi connectivity index (χ2n) is 9.38. The molecule has 1 unspecified atom stereocenters. The van der Waals surface area contributed by atoms with Crippen molar-refractivity contribution >= 4 is 39.2 Å². The van der Waals surface area contributed by atoms with E-state index in [1.165, 1.54) is 50.4 Å². The van der Waals surface area contributed by atoms with Crippen LogP contribution in [0.3, 0.4) is 0 Å². The summed E-state index contributed by atoms with van der Waals surface area (Å²) in [5.41, 5.74) is 7.85. The van der Waals surface area contributed by atoms with Crippen LogP contribution in [0, 0.1) is 6.92 Å². The second-order valence-corrected chi connectivity index (χ2v) is 11.4. The molecule has 1 saturated carbocycles. The molecule has 186 valence electrons. The van der Waals surface area contributed by atoms with Gasteiger partial charge in [-0.3, -0.25) is 0 Å². The summed E-state index contributed by atoms with van der Waals surface area (Å²) in [6.45, 7) is 3.77. The summed E-state index contributed by atoms with van der Waals surface area (Å²) in [6.07, 6.45) is 3.28. The van der Waals surface area contributed by atoms with Gasteiger partial charge in [0, 0.05) is 31.3 Å². The van der Waals surface area contributed by atoms with Gasteiger partial charge in [0.1, 0.15) is 5.01 Å². The summed E-state index contributed by atoms with van der Waals surface area (Å²) in [5, 5.41) is 1.13. The van der Waals surface area contributed by atoms with E-state index < -0.39 is 0 Å². The van der Waals surface area contributed by atoms with Crippen molar-refractivity contribution in [1.29, 1.82) is 0 Å². The largest absolute Gasteiger partial charge is 0.383 e. The monoisotopic (exact) mass is 515 g/mol. The molecule has 0 radical (unpaired) electrons. The maximum absolute atomic E-state index is 5.32. The molecule has 4 aromatic rings. The summed E-state index contributed by atoms with van der Waals surface area (Å²) in [5.74, 6) is 0. The van der Waals surface area contributed by atoms with E-state index in [0.29, 0.717) is 0 Å². The fourth-order valence-electron chi connectivity index (χ4n) is 4.47. The summed E-state index contributed by atoms with van der Waals surface area (Å²) < 4.78 is 10.3. The number of aromatic nitrogens is 1. The SMILES string of the molecule is COCCN(C)C(=C1CC1)c1cccc(SNC(Cc2cccc(C)c2)c2nc3ccccc3s2)c1. The number of hydrogen-bond acceptors (Lipinski definition) is 6. The van der Waals surface area contributed by atoms with Crippen LogP contribution in [0.1, 0.15) is 40.6 Å². The van der Waals surface area contributed by atoms with E-state index in [1.807, 2.05) is 0 Å². The standard InChI is InChI=1S/C30H33N3OS2/c1-21-8-6-9-22(18-21)19-27(30-31-26-12-4-5-13-28(26)35-30)32-36-25-11-7-10-24(20-25)29(23-14-15-23)33(2)16-17-34-3/h4-13,18,20,27,32H,14-17,19H2,1-3H3. The van der Waals surface area contributed by atoms with E-state index in [-0.39, 0.29) is 6.04 Å². The van der Waals surface area contributed by atoms with E-state index in [4.69, 9.17) is 9.72 Å². The van der Waals surface area contributed by atoms with Crippen LogP contribution in [-0.2, 0) is 11.2 Å². The van der Waals surface area contributed by atoms with Crippen molar-refractivity contribution in [3.8, 4) is 0 Å². The number of benzene rings is 3. The number of ether oxygens (including phenoxy) is 1. The lowest BCUT2D eigenvalue weighted by Crippen LogP contribution is -2.21. The van der Waals surface area contributed by atoms with Gasteiger partial charge in [0.15, 0.2) is 0 Å². The molecular weight excluding hydrogens is 482 g/mol. The predicted molar refractivity (Wildman–Crippen MR) is 153 cm³/mol. The van der Waals surface area contributed by atoms with Gasteiger partial charge < -0.3 is 9.64 Å². The fraction of sp³-hybridized carbons (Fsp3) is 0.300. The zero-order valence-corrected chi connectivity index (χ0v) is 22.8. The van der Waals surface area contributed by atoms with Crippen molar-refractivity contribution in [1.82, 2.24) is 14.6 Å². The molecule has 0 bridgehead atoms. The quantitative estimate of drug-likeness (QED) is 0.213. The van der Waals surface area contributed by atoms with E-state index in [9.17, 15) is 0 Å². The Hall–Kier alpha value is -2.64. The van der Waals surface area contributed by atoms with Gasteiger partial charge in [-0.2, -0.15) is 0 Å². The zero-order valence-electron chi connectivity index (χ0n) is 21.2. The van der Waals surface area contributed by atoms with Crippen molar-refractivity contribution in [3.05, 3.63) is 100 Å². The van der Waals surface area contributed by atoms with E-state index in [0.717, 1.165) is 30.1 Å². The Balaban J connectivity index is 1.37. The van der Waals surface area contributed by atoms with Gasteiger partial charge in [0.2, 0.25) is 0 Å². The first-order valence-corrected chi connectivity index (χ1v) is 14.1. The van der Waals surface area contributed by atoms with Crippen LogP contribution in [0.15, 0.2) is 83.3 Å². The molecule has 1 atom stereocenters. The number of fused-ring (bicyclic) bond motifs is 1. The summed E-state index contributed by atoms with van der Waals surface area (Å²) in [6, 6.07) is 26.2.